The van der Waals surface area contributed by atoms with Crippen molar-refractivity contribution in [2.75, 3.05) is 39.3 Å². The fourth-order valence-corrected chi connectivity index (χ4v) is 2.96. The van der Waals surface area contributed by atoms with Crippen molar-refractivity contribution in [2.24, 2.45) is 5.73 Å². The number of fused-ring (bicyclic) bond motifs is 1. The van der Waals surface area contributed by atoms with Crippen LogP contribution < -0.4 is 20.1 Å². The van der Waals surface area contributed by atoms with Crippen LogP contribution in [0.25, 0.3) is 16.9 Å². The van der Waals surface area contributed by atoms with E-state index in [1.54, 1.807) is 20.3 Å². The minimum Gasteiger partial charge on any atom is -0.496 e. The summed E-state index contributed by atoms with van der Waals surface area (Å²) >= 11 is 6.27. The lowest BCUT2D eigenvalue weighted by atomic mass is 10.1. The molecule has 0 atom stereocenters. The first-order valence-electron chi connectivity index (χ1n) is 7.89. The molecule has 2 N–H and O–H groups in total. The molecule has 1 aromatic carbocycles. The van der Waals surface area contributed by atoms with Gasteiger partial charge < -0.3 is 24.5 Å². The zero-order chi connectivity index (χ0) is 18.0. The van der Waals surface area contributed by atoms with Crippen LogP contribution in [0.1, 0.15) is 0 Å². The van der Waals surface area contributed by atoms with Crippen LogP contribution in [0.5, 0.6) is 11.5 Å². The van der Waals surface area contributed by atoms with Crippen LogP contribution in [0.3, 0.4) is 0 Å². The number of nitrogens with zero attached hydrogens (tertiary/aromatic N) is 3. The number of benzene rings is 1. The number of pyridine rings is 1. The molecule has 3 rings (SSSR count). The predicted molar refractivity (Wildman–Crippen MR) is 101 cm³/mol. The molecule has 0 saturated carbocycles. The molecule has 0 saturated heterocycles. The Kier molecular flexibility index (Phi) is 5.01. The largest absolute Gasteiger partial charge is 0.496 e. The van der Waals surface area contributed by atoms with E-state index in [9.17, 15) is 0 Å². The highest BCUT2D eigenvalue weighted by Gasteiger charge is 2.15. The van der Waals surface area contributed by atoms with Crippen molar-refractivity contribution in [3.63, 3.8) is 0 Å². The van der Waals surface area contributed by atoms with Gasteiger partial charge in [-0.1, -0.05) is 11.6 Å². The number of imidazole rings is 1. The molecule has 0 spiro atoms. The zero-order valence-corrected chi connectivity index (χ0v) is 15.2. The summed E-state index contributed by atoms with van der Waals surface area (Å²) in [5.74, 6) is 1.22. The molecule has 0 unspecified atom stereocenters. The lowest BCUT2D eigenvalue weighted by Gasteiger charge is -2.17. The van der Waals surface area contributed by atoms with Crippen molar-refractivity contribution in [3.05, 3.63) is 41.7 Å². The lowest BCUT2D eigenvalue weighted by Crippen LogP contribution is -2.24. The summed E-state index contributed by atoms with van der Waals surface area (Å²) < 4.78 is 12.7. The number of ether oxygens (including phenoxy) is 2. The second-order valence-corrected chi connectivity index (χ2v) is 6.08. The van der Waals surface area contributed by atoms with Crippen molar-refractivity contribution < 1.29 is 9.47 Å². The van der Waals surface area contributed by atoms with Crippen molar-refractivity contribution in [1.29, 1.82) is 0 Å². The highest BCUT2D eigenvalue weighted by atomic mass is 35.5. The van der Waals surface area contributed by atoms with Gasteiger partial charge in [-0.25, -0.2) is 4.98 Å². The van der Waals surface area contributed by atoms with Gasteiger partial charge in [0.1, 0.15) is 17.1 Å². The second kappa shape index (κ2) is 7.21. The standard InChI is InChI=1S/C18H21ClN4O2/c1-22(7-5-20)12-4-6-23-11-15(21-18(23)8-12)13-9-14(19)17(25-3)10-16(13)24-2/h4,6,8-11H,5,7,20H2,1-3H3. The molecule has 0 aliphatic carbocycles. The number of anilines is 1. The van der Waals surface area contributed by atoms with E-state index in [0.717, 1.165) is 29.1 Å². The molecule has 0 aliphatic heterocycles. The monoisotopic (exact) mass is 360 g/mol. The first-order chi connectivity index (χ1) is 12.1. The molecule has 7 heteroatoms. The second-order valence-electron chi connectivity index (χ2n) is 5.67. The smallest absolute Gasteiger partial charge is 0.141 e. The van der Waals surface area contributed by atoms with Gasteiger partial charge in [0.15, 0.2) is 0 Å². The Bertz CT molecular complexity index is 894. The molecule has 132 valence electrons. The van der Waals surface area contributed by atoms with Crippen LogP contribution in [0, 0.1) is 0 Å². The average molecular weight is 361 g/mol. The van der Waals surface area contributed by atoms with Crippen LogP contribution in [0.2, 0.25) is 5.02 Å². The summed E-state index contributed by atoms with van der Waals surface area (Å²) in [7, 11) is 5.20. The highest BCUT2D eigenvalue weighted by Crippen LogP contribution is 2.38. The maximum atomic E-state index is 6.27. The molecule has 0 aliphatic rings. The minimum atomic E-state index is 0.513. The van der Waals surface area contributed by atoms with Gasteiger partial charge in [0.05, 0.1) is 24.9 Å². The number of aromatic nitrogens is 2. The van der Waals surface area contributed by atoms with Crippen molar-refractivity contribution in [3.8, 4) is 22.8 Å². The van der Waals surface area contributed by atoms with Crippen molar-refractivity contribution >= 4 is 22.9 Å². The van der Waals surface area contributed by atoms with E-state index in [-0.39, 0.29) is 0 Å². The Balaban J connectivity index is 2.06. The van der Waals surface area contributed by atoms with E-state index in [1.807, 2.05) is 42.0 Å². The lowest BCUT2D eigenvalue weighted by molar-refractivity contribution is 0.395. The van der Waals surface area contributed by atoms with E-state index in [2.05, 4.69) is 4.90 Å². The van der Waals surface area contributed by atoms with Crippen molar-refractivity contribution in [2.45, 2.75) is 0 Å². The van der Waals surface area contributed by atoms with Crippen LogP contribution in [-0.4, -0.2) is 43.7 Å². The van der Waals surface area contributed by atoms with Gasteiger partial charge in [-0.05, 0) is 12.1 Å². The molecular formula is C18H21ClN4O2. The summed E-state index contributed by atoms with van der Waals surface area (Å²) in [6.07, 6.45) is 3.93. The topological polar surface area (TPSA) is 65.0 Å². The Morgan fingerprint density at radius 3 is 2.64 bits per heavy atom. The molecule has 0 radical (unpaired) electrons. The molecule has 2 heterocycles. The van der Waals surface area contributed by atoms with Gasteiger partial charge in [0.25, 0.3) is 0 Å². The number of methoxy groups -OCH3 is 2. The van der Waals surface area contributed by atoms with E-state index in [4.69, 9.17) is 31.8 Å². The van der Waals surface area contributed by atoms with E-state index < -0.39 is 0 Å². The summed E-state index contributed by atoms with van der Waals surface area (Å²) in [6, 6.07) is 7.63. The minimum absolute atomic E-state index is 0.513. The molecule has 0 bridgehead atoms. The molecule has 6 nitrogen and oxygen atoms in total. The molecule has 25 heavy (non-hydrogen) atoms. The summed E-state index contributed by atoms with van der Waals surface area (Å²) in [4.78, 5) is 6.81. The third-order valence-electron chi connectivity index (χ3n) is 4.10. The predicted octanol–water partition coefficient (Wildman–Crippen LogP) is 3.07. The van der Waals surface area contributed by atoms with E-state index >= 15 is 0 Å². The van der Waals surface area contributed by atoms with Gasteiger partial charge >= 0.3 is 0 Å². The van der Waals surface area contributed by atoms with Crippen molar-refractivity contribution in [1.82, 2.24) is 9.38 Å². The van der Waals surface area contributed by atoms with Gasteiger partial charge in [-0.3, -0.25) is 0 Å². The van der Waals surface area contributed by atoms with Crippen LogP contribution >= 0.6 is 11.6 Å². The van der Waals surface area contributed by atoms with Crippen LogP contribution in [0.15, 0.2) is 36.7 Å². The van der Waals surface area contributed by atoms with Crippen LogP contribution in [-0.2, 0) is 0 Å². The number of hydrogen-bond donors (Lipinski definition) is 1. The van der Waals surface area contributed by atoms with Gasteiger partial charge in [0, 0.05) is 55.9 Å². The van der Waals surface area contributed by atoms with Gasteiger partial charge in [0.2, 0.25) is 0 Å². The highest BCUT2D eigenvalue weighted by molar-refractivity contribution is 6.32. The Hall–Kier alpha value is -2.44. The maximum absolute atomic E-state index is 6.27. The first-order valence-corrected chi connectivity index (χ1v) is 8.27. The molecular weight excluding hydrogens is 340 g/mol. The number of nitrogens with two attached hydrogens (primary N) is 1. The average Bonchev–Trinajstić information content (AvgIpc) is 3.04. The normalized spacial score (nSPS) is 10.9. The Labute approximate surface area is 151 Å². The summed E-state index contributed by atoms with van der Waals surface area (Å²) in [5.41, 5.74) is 9.12. The quantitative estimate of drug-likeness (QED) is 0.731. The third kappa shape index (κ3) is 3.36. The van der Waals surface area contributed by atoms with Gasteiger partial charge in [-0.15, -0.1) is 0 Å². The van der Waals surface area contributed by atoms with Crippen LogP contribution in [0.4, 0.5) is 5.69 Å². The number of hydrogen-bond acceptors (Lipinski definition) is 5. The number of halogens is 1. The van der Waals surface area contributed by atoms with E-state index in [1.165, 1.54) is 0 Å². The summed E-state index contributed by atoms with van der Waals surface area (Å²) in [6.45, 7) is 1.38. The Morgan fingerprint density at radius 2 is 1.96 bits per heavy atom. The molecule has 0 fully saturated rings. The SMILES string of the molecule is COc1cc(OC)c(-c2cn3ccc(N(C)CCN)cc3n2)cc1Cl. The van der Waals surface area contributed by atoms with E-state index in [0.29, 0.717) is 23.1 Å². The fourth-order valence-electron chi connectivity index (χ4n) is 2.72. The molecule has 2 aromatic heterocycles. The Morgan fingerprint density at radius 1 is 1.20 bits per heavy atom. The van der Waals surface area contributed by atoms with Gasteiger partial charge in [-0.2, -0.15) is 0 Å². The maximum Gasteiger partial charge on any atom is 0.141 e. The first kappa shape index (κ1) is 17.4. The molecule has 3 aromatic rings. The number of likely N-dealkylation sites (N-methyl/N-ethyl adjacent to an activating group) is 1. The fraction of sp³-hybridized carbons (Fsp3) is 0.278. The third-order valence-corrected chi connectivity index (χ3v) is 4.39. The molecule has 0 amide bonds. The summed E-state index contributed by atoms with van der Waals surface area (Å²) in [5, 5.41) is 0.513. The number of rotatable bonds is 6. The zero-order valence-electron chi connectivity index (χ0n) is 14.5.